The van der Waals surface area contributed by atoms with Crippen LogP contribution >= 0.6 is 0 Å². The molecule has 4 nitrogen and oxygen atoms in total. The molecule has 0 aromatic rings. The molecule has 1 fully saturated rings. The molecule has 4 heteroatoms. The zero-order chi connectivity index (χ0) is 8.27. The van der Waals surface area contributed by atoms with Crippen LogP contribution in [0.5, 0.6) is 0 Å². The Kier molecular flexibility index (Phi) is 2.62. The number of carbonyl (C=O) groups is 1. The first-order valence-electron chi connectivity index (χ1n) is 3.33. The second-order valence-electron chi connectivity index (χ2n) is 2.24. The molecule has 0 aromatic heterocycles. The minimum Gasteiger partial charge on any atom is -0.459 e. The van der Waals surface area contributed by atoms with Crippen molar-refractivity contribution in [1.82, 2.24) is 0 Å². The highest BCUT2D eigenvalue weighted by atomic mass is 16.6. The van der Waals surface area contributed by atoms with Crippen LogP contribution in [0.15, 0.2) is 12.7 Å². The summed E-state index contributed by atoms with van der Waals surface area (Å²) in [6, 6.07) is 0. The number of hydrogen-bond acceptors (Lipinski definition) is 4. The van der Waals surface area contributed by atoms with Crippen molar-refractivity contribution in [3.8, 4) is 0 Å². The average molecular weight is 158 g/mol. The third kappa shape index (κ3) is 2.32. The van der Waals surface area contributed by atoms with Gasteiger partial charge in [-0.2, -0.15) is 0 Å². The van der Waals surface area contributed by atoms with Crippen molar-refractivity contribution in [2.24, 2.45) is 0 Å². The van der Waals surface area contributed by atoms with Crippen molar-refractivity contribution in [2.75, 3.05) is 13.2 Å². The Morgan fingerprint density at radius 1 is 2.00 bits per heavy atom. The van der Waals surface area contributed by atoms with E-state index < -0.39 is 12.1 Å². The lowest BCUT2D eigenvalue weighted by atomic mass is 10.3. The van der Waals surface area contributed by atoms with Gasteiger partial charge in [-0.15, -0.1) is 0 Å². The molecule has 1 aliphatic heterocycles. The predicted octanol–water partition coefficient (Wildman–Crippen LogP) is -0.525. The molecule has 0 radical (unpaired) electrons. The van der Waals surface area contributed by atoms with Crippen LogP contribution in [0.1, 0.15) is 0 Å². The second-order valence-corrected chi connectivity index (χ2v) is 2.24. The van der Waals surface area contributed by atoms with E-state index in [9.17, 15) is 4.79 Å². The average Bonchev–Trinajstić information content (AvgIpc) is 2.81. The van der Waals surface area contributed by atoms with E-state index in [1.807, 2.05) is 0 Å². The van der Waals surface area contributed by atoms with Gasteiger partial charge in [0, 0.05) is 0 Å². The summed E-state index contributed by atoms with van der Waals surface area (Å²) in [5, 5.41) is 9.05. The Morgan fingerprint density at radius 2 is 2.64 bits per heavy atom. The minimum atomic E-state index is -1.13. The lowest BCUT2D eigenvalue weighted by Crippen LogP contribution is -2.28. The zero-order valence-corrected chi connectivity index (χ0v) is 6.03. The standard InChI is InChI=1S/C7H10O4/c1-2-3-10-7(9)6(8)5-4-11-5/h2,5-6,8H,1,3-4H2. The smallest absolute Gasteiger partial charge is 0.338 e. The van der Waals surface area contributed by atoms with E-state index in [0.29, 0.717) is 6.61 Å². The van der Waals surface area contributed by atoms with Crippen LogP contribution in [0.2, 0.25) is 0 Å². The molecule has 1 rings (SSSR count). The Morgan fingerprint density at radius 3 is 3.09 bits per heavy atom. The van der Waals surface area contributed by atoms with Crippen LogP contribution in [-0.4, -0.2) is 36.5 Å². The monoisotopic (exact) mass is 158 g/mol. The number of hydrogen-bond donors (Lipinski definition) is 1. The van der Waals surface area contributed by atoms with Gasteiger partial charge in [-0.05, 0) is 0 Å². The fourth-order valence-electron chi connectivity index (χ4n) is 0.616. The Hall–Kier alpha value is -0.870. The summed E-state index contributed by atoms with van der Waals surface area (Å²) < 4.78 is 9.26. The van der Waals surface area contributed by atoms with E-state index in [1.165, 1.54) is 6.08 Å². The fraction of sp³-hybridized carbons (Fsp3) is 0.571. The molecule has 0 amide bonds. The van der Waals surface area contributed by atoms with Crippen LogP contribution in [0, 0.1) is 0 Å². The molecule has 2 atom stereocenters. The summed E-state index contributed by atoms with van der Waals surface area (Å²) in [6.45, 7) is 3.92. The summed E-state index contributed by atoms with van der Waals surface area (Å²) >= 11 is 0. The van der Waals surface area contributed by atoms with E-state index in [2.05, 4.69) is 11.3 Å². The van der Waals surface area contributed by atoms with E-state index in [4.69, 9.17) is 9.84 Å². The highest BCUT2D eigenvalue weighted by Gasteiger charge is 2.37. The number of epoxide rings is 1. The second kappa shape index (κ2) is 3.50. The number of carbonyl (C=O) groups excluding carboxylic acids is 1. The summed E-state index contributed by atoms with van der Waals surface area (Å²) in [5.74, 6) is -0.646. The summed E-state index contributed by atoms with van der Waals surface area (Å²) in [7, 11) is 0. The van der Waals surface area contributed by atoms with Crippen LogP contribution in [0.3, 0.4) is 0 Å². The van der Waals surface area contributed by atoms with Crippen molar-refractivity contribution in [1.29, 1.82) is 0 Å². The van der Waals surface area contributed by atoms with Gasteiger partial charge >= 0.3 is 5.97 Å². The van der Waals surface area contributed by atoms with E-state index in [0.717, 1.165) is 0 Å². The Balaban J connectivity index is 2.21. The zero-order valence-electron chi connectivity index (χ0n) is 6.03. The third-order valence-electron chi connectivity index (χ3n) is 1.30. The van der Waals surface area contributed by atoms with Crippen molar-refractivity contribution < 1.29 is 19.4 Å². The normalized spacial score (nSPS) is 23.9. The molecule has 62 valence electrons. The lowest BCUT2D eigenvalue weighted by molar-refractivity contribution is -0.153. The van der Waals surface area contributed by atoms with Gasteiger partial charge in [0.25, 0.3) is 0 Å². The maximum Gasteiger partial charge on any atom is 0.338 e. The van der Waals surface area contributed by atoms with Gasteiger partial charge in [-0.3, -0.25) is 0 Å². The first kappa shape index (κ1) is 8.23. The number of aliphatic hydroxyl groups excluding tert-OH is 1. The SMILES string of the molecule is C=CCOC(=O)C(O)C1CO1. The molecular weight excluding hydrogens is 148 g/mol. The van der Waals surface area contributed by atoms with Gasteiger partial charge in [-0.25, -0.2) is 4.79 Å². The summed E-state index contributed by atoms with van der Waals surface area (Å²) in [6.07, 6.45) is -0.0412. The van der Waals surface area contributed by atoms with Gasteiger partial charge in [0.1, 0.15) is 12.7 Å². The quantitative estimate of drug-likeness (QED) is 0.339. The third-order valence-corrected chi connectivity index (χ3v) is 1.30. The van der Waals surface area contributed by atoms with Crippen molar-refractivity contribution >= 4 is 5.97 Å². The number of rotatable bonds is 4. The molecule has 0 bridgehead atoms. The molecule has 0 saturated carbocycles. The number of esters is 1. The Bertz CT molecular complexity index is 162. The molecule has 0 spiro atoms. The van der Waals surface area contributed by atoms with Crippen LogP contribution < -0.4 is 0 Å². The molecule has 1 heterocycles. The van der Waals surface area contributed by atoms with E-state index in [1.54, 1.807) is 0 Å². The molecule has 1 aliphatic rings. The Labute approximate surface area is 64.4 Å². The van der Waals surface area contributed by atoms with E-state index >= 15 is 0 Å². The first-order chi connectivity index (χ1) is 5.25. The summed E-state index contributed by atoms with van der Waals surface area (Å²) in [5.41, 5.74) is 0. The van der Waals surface area contributed by atoms with E-state index in [-0.39, 0.29) is 12.7 Å². The van der Waals surface area contributed by atoms with Gasteiger partial charge in [0.2, 0.25) is 0 Å². The highest BCUT2D eigenvalue weighted by Crippen LogP contribution is 2.14. The topological polar surface area (TPSA) is 59.1 Å². The summed E-state index contributed by atoms with van der Waals surface area (Å²) in [4.78, 5) is 10.8. The molecule has 0 aromatic carbocycles. The van der Waals surface area contributed by atoms with Crippen LogP contribution in [-0.2, 0) is 14.3 Å². The molecule has 1 N–H and O–H groups in total. The maximum atomic E-state index is 10.8. The predicted molar refractivity (Wildman–Crippen MR) is 36.9 cm³/mol. The largest absolute Gasteiger partial charge is 0.459 e. The van der Waals surface area contributed by atoms with Crippen LogP contribution in [0.4, 0.5) is 0 Å². The molecule has 11 heavy (non-hydrogen) atoms. The van der Waals surface area contributed by atoms with Gasteiger partial charge in [0.05, 0.1) is 6.61 Å². The van der Waals surface area contributed by atoms with Gasteiger partial charge < -0.3 is 14.6 Å². The van der Waals surface area contributed by atoms with Crippen LogP contribution in [0.25, 0.3) is 0 Å². The lowest BCUT2D eigenvalue weighted by Gasteiger charge is -2.05. The number of ether oxygens (including phenoxy) is 2. The maximum absolute atomic E-state index is 10.8. The first-order valence-corrected chi connectivity index (χ1v) is 3.33. The van der Waals surface area contributed by atoms with Gasteiger partial charge in [0.15, 0.2) is 6.10 Å². The van der Waals surface area contributed by atoms with Crippen molar-refractivity contribution in [3.63, 3.8) is 0 Å². The van der Waals surface area contributed by atoms with Gasteiger partial charge in [-0.1, -0.05) is 12.7 Å². The number of aliphatic hydroxyl groups is 1. The molecule has 2 unspecified atom stereocenters. The fourth-order valence-corrected chi connectivity index (χ4v) is 0.616. The highest BCUT2D eigenvalue weighted by molar-refractivity contribution is 5.75. The minimum absolute atomic E-state index is 0.128. The molecular formula is C7H10O4. The molecule has 0 aliphatic carbocycles. The van der Waals surface area contributed by atoms with Crippen molar-refractivity contribution in [3.05, 3.63) is 12.7 Å². The molecule has 1 saturated heterocycles. The van der Waals surface area contributed by atoms with Crippen molar-refractivity contribution in [2.45, 2.75) is 12.2 Å².